The second-order valence-corrected chi connectivity index (χ2v) is 10.2. The molecule has 4 heterocycles. The lowest BCUT2D eigenvalue weighted by molar-refractivity contribution is -0.125. The van der Waals surface area contributed by atoms with E-state index in [0.29, 0.717) is 57.2 Å². The lowest BCUT2D eigenvalue weighted by Gasteiger charge is -2.28. The van der Waals surface area contributed by atoms with Crippen LogP contribution in [0, 0.1) is 11.6 Å². The van der Waals surface area contributed by atoms with Crippen molar-refractivity contribution in [1.82, 2.24) is 15.2 Å². The Morgan fingerprint density at radius 3 is 2.82 bits per heavy atom. The van der Waals surface area contributed by atoms with Gasteiger partial charge in [0, 0.05) is 30.9 Å². The Morgan fingerprint density at radius 2 is 2.00 bits per heavy atom. The minimum atomic E-state index is -0.973. The highest BCUT2D eigenvalue weighted by Crippen LogP contribution is 2.46. The minimum absolute atomic E-state index is 0.0737. The number of amides is 4. The van der Waals surface area contributed by atoms with E-state index >= 15 is 0 Å². The zero-order chi connectivity index (χ0) is 27.3. The normalized spacial score (nSPS) is 16.4. The molecule has 4 aromatic rings. The van der Waals surface area contributed by atoms with Gasteiger partial charge in [0.15, 0.2) is 11.6 Å². The first-order valence-corrected chi connectivity index (χ1v) is 13.0. The van der Waals surface area contributed by atoms with Crippen molar-refractivity contribution in [3.05, 3.63) is 83.9 Å². The van der Waals surface area contributed by atoms with E-state index in [9.17, 15) is 23.2 Å². The minimum Gasteiger partial charge on any atom is -0.347 e. The number of pyridine rings is 1. The van der Waals surface area contributed by atoms with Crippen LogP contribution in [0.2, 0.25) is 0 Å². The van der Waals surface area contributed by atoms with Gasteiger partial charge in [0.05, 0.1) is 22.4 Å². The molecule has 0 bridgehead atoms. The lowest BCUT2D eigenvalue weighted by atomic mass is 10.0. The molecular weight excluding hydrogens is 524 g/mol. The standard InChI is InChI=1S/C28H21F2N5O3S/c1-2-21(36)34-12-10-16(14-34)32-26(37)25-24-22-20(9-11-31-27(22)39-25)35(28(38)33-24)17-6-3-5-15(13-17)18-7-4-8-19(29)23(18)30/h2-9,11,13,16H,1,10,12,14H2,(H,32,37)(H,33,38). The average Bonchev–Trinajstić information content (AvgIpc) is 3.55. The molecule has 6 rings (SSSR count). The number of hydrogen-bond donors (Lipinski definition) is 2. The number of carbonyl (C=O) groups excluding carboxylic acids is 3. The van der Waals surface area contributed by atoms with Gasteiger partial charge in [0.25, 0.3) is 5.91 Å². The number of halogens is 2. The summed E-state index contributed by atoms with van der Waals surface area (Å²) in [5.41, 5.74) is 1.78. The van der Waals surface area contributed by atoms with Gasteiger partial charge in [-0.05, 0) is 42.3 Å². The molecule has 0 aliphatic carbocycles. The molecule has 0 saturated carbocycles. The molecule has 1 atom stereocenters. The summed E-state index contributed by atoms with van der Waals surface area (Å²) >= 11 is 1.16. The fourth-order valence-electron chi connectivity index (χ4n) is 5.00. The van der Waals surface area contributed by atoms with Crippen molar-refractivity contribution in [2.75, 3.05) is 23.3 Å². The van der Waals surface area contributed by atoms with Gasteiger partial charge in [-0.3, -0.25) is 14.5 Å². The van der Waals surface area contributed by atoms with Crippen LogP contribution in [-0.2, 0) is 4.79 Å². The van der Waals surface area contributed by atoms with Crippen molar-refractivity contribution in [1.29, 1.82) is 0 Å². The molecule has 1 saturated heterocycles. The summed E-state index contributed by atoms with van der Waals surface area (Å²) in [5, 5.41) is 6.39. The molecule has 196 valence electrons. The SMILES string of the molecule is C=CC(=O)N1CCC(NC(=O)c2sc3nccc4c3c2NC(=O)N4c2cccc(-c3cccc(F)c3F)c2)C1. The predicted molar refractivity (Wildman–Crippen MR) is 145 cm³/mol. The first-order valence-electron chi connectivity index (χ1n) is 12.1. The summed E-state index contributed by atoms with van der Waals surface area (Å²) in [5.74, 6) is -2.49. The van der Waals surface area contributed by atoms with Gasteiger partial charge in [-0.2, -0.15) is 0 Å². The summed E-state index contributed by atoms with van der Waals surface area (Å²) in [7, 11) is 0. The van der Waals surface area contributed by atoms with Crippen LogP contribution >= 0.6 is 11.3 Å². The highest BCUT2D eigenvalue weighted by Gasteiger charge is 2.34. The van der Waals surface area contributed by atoms with Gasteiger partial charge in [-0.1, -0.05) is 30.8 Å². The third-order valence-corrected chi connectivity index (χ3v) is 7.93. The number of rotatable bonds is 5. The third kappa shape index (κ3) is 4.20. The highest BCUT2D eigenvalue weighted by molar-refractivity contribution is 7.21. The first kappa shape index (κ1) is 24.7. The van der Waals surface area contributed by atoms with Gasteiger partial charge < -0.3 is 15.5 Å². The van der Waals surface area contributed by atoms with E-state index in [0.717, 1.165) is 17.4 Å². The maximum Gasteiger partial charge on any atom is 0.331 e. The van der Waals surface area contributed by atoms with Crippen molar-refractivity contribution in [3.63, 3.8) is 0 Å². The van der Waals surface area contributed by atoms with Crippen LogP contribution in [-0.4, -0.2) is 46.9 Å². The molecule has 2 aromatic heterocycles. The quantitative estimate of drug-likeness (QED) is 0.327. The number of nitrogens with one attached hydrogen (secondary N) is 2. The van der Waals surface area contributed by atoms with Crippen molar-refractivity contribution >= 4 is 56.5 Å². The zero-order valence-electron chi connectivity index (χ0n) is 20.4. The zero-order valence-corrected chi connectivity index (χ0v) is 21.2. The van der Waals surface area contributed by atoms with Crippen LogP contribution in [0.5, 0.6) is 0 Å². The van der Waals surface area contributed by atoms with E-state index < -0.39 is 17.7 Å². The Kier molecular flexibility index (Phi) is 6.07. The number of anilines is 3. The molecule has 1 fully saturated rings. The van der Waals surface area contributed by atoms with E-state index in [-0.39, 0.29) is 23.4 Å². The van der Waals surface area contributed by atoms with Crippen LogP contribution in [0.1, 0.15) is 16.1 Å². The molecule has 2 N–H and O–H groups in total. The van der Waals surface area contributed by atoms with E-state index in [1.807, 2.05) is 0 Å². The number of likely N-dealkylation sites (tertiary alicyclic amines) is 1. The Labute approximate surface area is 225 Å². The van der Waals surface area contributed by atoms with Crippen LogP contribution < -0.4 is 15.5 Å². The van der Waals surface area contributed by atoms with Gasteiger partial charge in [-0.15, -0.1) is 11.3 Å². The summed E-state index contributed by atoms with van der Waals surface area (Å²) in [6, 6.07) is 11.5. The molecule has 0 spiro atoms. The summed E-state index contributed by atoms with van der Waals surface area (Å²) < 4.78 is 28.3. The number of urea groups is 1. The van der Waals surface area contributed by atoms with Gasteiger partial charge in [0.1, 0.15) is 9.71 Å². The fourth-order valence-corrected chi connectivity index (χ4v) is 6.02. The number of hydrogen-bond acceptors (Lipinski definition) is 5. The molecule has 1 unspecified atom stereocenters. The Bertz CT molecular complexity index is 1690. The van der Waals surface area contributed by atoms with Crippen LogP contribution in [0.25, 0.3) is 21.3 Å². The first-order chi connectivity index (χ1) is 18.9. The smallest absolute Gasteiger partial charge is 0.331 e. The monoisotopic (exact) mass is 545 g/mol. The summed E-state index contributed by atoms with van der Waals surface area (Å²) in [6.45, 7) is 4.40. The molecule has 39 heavy (non-hydrogen) atoms. The van der Waals surface area contributed by atoms with Crippen LogP contribution in [0.3, 0.4) is 0 Å². The Morgan fingerprint density at radius 1 is 1.18 bits per heavy atom. The Balaban J connectivity index is 1.35. The molecule has 2 aliphatic rings. The van der Waals surface area contributed by atoms with Crippen molar-refractivity contribution in [2.24, 2.45) is 0 Å². The summed E-state index contributed by atoms with van der Waals surface area (Å²) in [4.78, 5) is 46.9. The molecular formula is C28H21F2N5O3S. The lowest BCUT2D eigenvalue weighted by Crippen LogP contribution is -2.39. The Hall–Kier alpha value is -4.64. The topological polar surface area (TPSA) is 94.6 Å². The molecule has 2 aliphatic heterocycles. The second-order valence-electron chi connectivity index (χ2n) is 9.18. The average molecular weight is 546 g/mol. The predicted octanol–water partition coefficient (Wildman–Crippen LogP) is 5.44. The second kappa shape index (κ2) is 9.59. The number of carbonyl (C=O) groups is 3. The van der Waals surface area contributed by atoms with Crippen LogP contribution in [0.4, 0.5) is 30.6 Å². The van der Waals surface area contributed by atoms with Gasteiger partial charge in [-0.25, -0.2) is 18.6 Å². The van der Waals surface area contributed by atoms with Gasteiger partial charge >= 0.3 is 6.03 Å². The van der Waals surface area contributed by atoms with E-state index in [1.54, 1.807) is 41.4 Å². The van der Waals surface area contributed by atoms with Crippen molar-refractivity contribution in [3.8, 4) is 11.1 Å². The highest BCUT2D eigenvalue weighted by atomic mass is 32.1. The number of nitrogens with zero attached hydrogens (tertiary/aromatic N) is 3. The van der Waals surface area contributed by atoms with E-state index in [2.05, 4.69) is 22.2 Å². The molecule has 11 heteroatoms. The number of aromatic nitrogens is 1. The maximum atomic E-state index is 14.5. The third-order valence-electron chi connectivity index (χ3n) is 6.83. The van der Waals surface area contributed by atoms with Crippen molar-refractivity contribution < 1.29 is 23.2 Å². The number of thiophene rings is 1. The number of benzene rings is 2. The van der Waals surface area contributed by atoms with Gasteiger partial charge in [0.2, 0.25) is 5.91 Å². The summed E-state index contributed by atoms with van der Waals surface area (Å²) in [6.07, 6.45) is 3.41. The van der Waals surface area contributed by atoms with E-state index in [4.69, 9.17) is 0 Å². The maximum absolute atomic E-state index is 14.5. The van der Waals surface area contributed by atoms with Crippen molar-refractivity contribution in [2.45, 2.75) is 12.5 Å². The molecule has 8 nitrogen and oxygen atoms in total. The fraction of sp³-hybridized carbons (Fsp3) is 0.143. The largest absolute Gasteiger partial charge is 0.347 e. The molecule has 0 radical (unpaired) electrons. The van der Waals surface area contributed by atoms with E-state index in [1.165, 1.54) is 23.1 Å². The molecule has 2 aromatic carbocycles. The molecule has 4 amide bonds. The van der Waals surface area contributed by atoms with Crippen LogP contribution in [0.15, 0.2) is 67.4 Å².